The smallest absolute Gasteiger partial charge is 0.240 e. The Morgan fingerprint density at radius 3 is 2.34 bits per heavy atom. The molecule has 4 rings (SSSR count). The van der Waals surface area contributed by atoms with Crippen LogP contribution in [0.2, 0.25) is 0 Å². The largest absolute Gasteiger partial charge is 0.497 e. The number of hydrogen-bond acceptors (Lipinski definition) is 5. The zero-order chi connectivity index (χ0) is 24.8. The Labute approximate surface area is 205 Å². The minimum Gasteiger partial charge on any atom is -0.497 e. The third-order valence-electron chi connectivity index (χ3n) is 5.86. The summed E-state index contributed by atoms with van der Waals surface area (Å²) < 4.78 is 32.9. The molecule has 1 saturated heterocycles. The molecule has 2 amide bonds. The first-order valence-electron chi connectivity index (χ1n) is 11.2. The summed E-state index contributed by atoms with van der Waals surface area (Å²) in [6.07, 6.45) is 0.692. The van der Waals surface area contributed by atoms with Crippen LogP contribution >= 0.6 is 0 Å². The van der Waals surface area contributed by atoms with Gasteiger partial charge in [-0.05, 0) is 60.5 Å². The van der Waals surface area contributed by atoms with Gasteiger partial charge in [0, 0.05) is 30.9 Å². The number of carbonyl (C=O) groups excluding carboxylic acids is 2. The van der Waals surface area contributed by atoms with Gasteiger partial charge in [-0.25, -0.2) is 13.1 Å². The van der Waals surface area contributed by atoms with Gasteiger partial charge in [0.15, 0.2) is 0 Å². The number of anilines is 2. The lowest BCUT2D eigenvalue weighted by atomic mass is 10.1. The predicted octanol–water partition coefficient (Wildman–Crippen LogP) is 3.21. The fourth-order valence-electron chi connectivity index (χ4n) is 3.91. The van der Waals surface area contributed by atoms with Crippen LogP contribution in [-0.4, -0.2) is 40.4 Å². The molecule has 0 spiro atoms. The fraction of sp³-hybridized carbons (Fsp3) is 0.231. The monoisotopic (exact) mass is 493 g/mol. The first kappa shape index (κ1) is 24.4. The first-order valence-corrected chi connectivity index (χ1v) is 12.7. The molecule has 3 aromatic rings. The molecular weight excluding hydrogens is 466 g/mol. The summed E-state index contributed by atoms with van der Waals surface area (Å²) in [6.45, 7) is 0.556. The lowest BCUT2D eigenvalue weighted by Gasteiger charge is -2.17. The zero-order valence-corrected chi connectivity index (χ0v) is 20.1. The molecule has 0 radical (unpaired) electrons. The normalized spacial score (nSPS) is 15.7. The van der Waals surface area contributed by atoms with Gasteiger partial charge < -0.3 is 15.0 Å². The Morgan fingerprint density at radius 1 is 1.00 bits per heavy atom. The Morgan fingerprint density at radius 2 is 1.69 bits per heavy atom. The quantitative estimate of drug-likeness (QED) is 0.476. The molecule has 35 heavy (non-hydrogen) atoms. The number of carbonyl (C=O) groups is 2. The van der Waals surface area contributed by atoms with Crippen molar-refractivity contribution in [1.82, 2.24) is 4.72 Å². The number of nitrogens with one attached hydrogen (secondary N) is 2. The van der Waals surface area contributed by atoms with Crippen molar-refractivity contribution in [3.63, 3.8) is 0 Å². The highest BCUT2D eigenvalue weighted by atomic mass is 32.2. The maximum Gasteiger partial charge on any atom is 0.240 e. The van der Waals surface area contributed by atoms with Crippen molar-refractivity contribution in [2.75, 3.05) is 30.4 Å². The van der Waals surface area contributed by atoms with E-state index in [0.717, 1.165) is 5.56 Å². The molecule has 3 aromatic carbocycles. The van der Waals surface area contributed by atoms with Crippen LogP contribution in [0.5, 0.6) is 5.75 Å². The van der Waals surface area contributed by atoms with Crippen LogP contribution in [0.4, 0.5) is 11.4 Å². The van der Waals surface area contributed by atoms with Gasteiger partial charge in [-0.2, -0.15) is 0 Å². The molecular formula is C26H27N3O5S. The van der Waals surface area contributed by atoms with E-state index < -0.39 is 15.9 Å². The van der Waals surface area contributed by atoms with Crippen LogP contribution in [0.15, 0.2) is 83.8 Å². The Hall–Kier alpha value is -3.69. The average Bonchev–Trinajstić information content (AvgIpc) is 3.27. The molecule has 2 N–H and O–H groups in total. The molecule has 0 aliphatic carbocycles. The van der Waals surface area contributed by atoms with E-state index in [1.54, 1.807) is 48.4 Å². The van der Waals surface area contributed by atoms with Crippen LogP contribution in [0.3, 0.4) is 0 Å². The molecule has 1 fully saturated rings. The number of amides is 2. The standard InChI is InChI=1S/C26H27N3O5S/c1-34-23-11-9-22(10-12-23)29-18-20(17-25(29)30)26(31)28-21-7-13-24(14-8-21)35(32,33)27-16-15-19-5-3-2-4-6-19/h2-14,20,27H,15-18H2,1H3,(H,28,31). The number of nitrogens with zero attached hydrogens (tertiary/aromatic N) is 1. The van der Waals surface area contributed by atoms with Crippen LogP contribution < -0.4 is 19.7 Å². The van der Waals surface area contributed by atoms with Crippen molar-refractivity contribution in [1.29, 1.82) is 0 Å². The van der Waals surface area contributed by atoms with Crippen molar-refractivity contribution in [2.24, 2.45) is 5.92 Å². The van der Waals surface area contributed by atoms with E-state index in [9.17, 15) is 18.0 Å². The van der Waals surface area contributed by atoms with Crippen LogP contribution in [-0.2, 0) is 26.0 Å². The van der Waals surface area contributed by atoms with Gasteiger partial charge in [0.05, 0.1) is 17.9 Å². The van der Waals surface area contributed by atoms with Gasteiger partial charge in [0.1, 0.15) is 5.75 Å². The molecule has 1 unspecified atom stereocenters. The molecule has 1 heterocycles. The summed E-state index contributed by atoms with van der Waals surface area (Å²) in [5.74, 6) is -0.233. The van der Waals surface area contributed by atoms with E-state index in [1.807, 2.05) is 30.3 Å². The van der Waals surface area contributed by atoms with Crippen molar-refractivity contribution in [3.05, 3.63) is 84.4 Å². The Kier molecular flexibility index (Phi) is 7.48. The highest BCUT2D eigenvalue weighted by Crippen LogP contribution is 2.27. The minimum absolute atomic E-state index is 0.107. The molecule has 9 heteroatoms. The Bertz CT molecular complexity index is 1280. The molecule has 0 aromatic heterocycles. The van der Waals surface area contributed by atoms with Crippen LogP contribution in [0, 0.1) is 5.92 Å². The molecule has 0 bridgehead atoms. The molecule has 1 atom stereocenters. The van der Waals surface area contributed by atoms with E-state index in [4.69, 9.17) is 4.74 Å². The summed E-state index contributed by atoms with van der Waals surface area (Å²) >= 11 is 0. The van der Waals surface area contributed by atoms with E-state index in [2.05, 4.69) is 10.0 Å². The van der Waals surface area contributed by atoms with Gasteiger partial charge in [-0.1, -0.05) is 30.3 Å². The molecule has 182 valence electrons. The molecule has 1 aliphatic rings. The van der Waals surface area contributed by atoms with Crippen LogP contribution in [0.25, 0.3) is 0 Å². The lowest BCUT2D eigenvalue weighted by Crippen LogP contribution is -2.28. The van der Waals surface area contributed by atoms with Crippen molar-refractivity contribution >= 4 is 33.2 Å². The number of rotatable bonds is 9. The van der Waals surface area contributed by atoms with Gasteiger partial charge in [0.2, 0.25) is 21.8 Å². The van der Waals surface area contributed by atoms with Crippen molar-refractivity contribution in [2.45, 2.75) is 17.7 Å². The highest BCUT2D eigenvalue weighted by Gasteiger charge is 2.35. The summed E-state index contributed by atoms with van der Waals surface area (Å²) in [4.78, 5) is 26.9. The second-order valence-corrected chi connectivity index (χ2v) is 10.0. The molecule has 8 nitrogen and oxygen atoms in total. The number of sulfonamides is 1. The van der Waals surface area contributed by atoms with Crippen molar-refractivity contribution in [3.8, 4) is 5.75 Å². The maximum atomic E-state index is 12.8. The molecule has 1 aliphatic heterocycles. The SMILES string of the molecule is COc1ccc(N2CC(C(=O)Nc3ccc(S(=O)(=O)NCCc4ccccc4)cc3)CC2=O)cc1. The first-order chi connectivity index (χ1) is 16.9. The zero-order valence-electron chi connectivity index (χ0n) is 19.3. The third-order valence-corrected chi connectivity index (χ3v) is 7.34. The summed E-state index contributed by atoms with van der Waals surface area (Å²) in [6, 6.07) is 22.7. The third kappa shape index (κ3) is 6.06. The predicted molar refractivity (Wildman–Crippen MR) is 134 cm³/mol. The van der Waals surface area contributed by atoms with Gasteiger partial charge in [0.25, 0.3) is 0 Å². The Balaban J connectivity index is 1.32. The van der Waals surface area contributed by atoms with Crippen LogP contribution in [0.1, 0.15) is 12.0 Å². The maximum absolute atomic E-state index is 12.8. The number of benzene rings is 3. The number of methoxy groups -OCH3 is 1. The minimum atomic E-state index is -3.66. The second-order valence-electron chi connectivity index (χ2n) is 8.25. The number of ether oxygens (including phenoxy) is 1. The van der Waals surface area contributed by atoms with E-state index >= 15 is 0 Å². The van der Waals surface area contributed by atoms with Gasteiger partial charge in [-0.3, -0.25) is 9.59 Å². The summed E-state index contributed by atoms with van der Waals surface area (Å²) in [5, 5.41) is 2.78. The summed E-state index contributed by atoms with van der Waals surface area (Å²) in [5.41, 5.74) is 2.22. The lowest BCUT2D eigenvalue weighted by molar-refractivity contribution is -0.122. The van der Waals surface area contributed by atoms with E-state index in [0.29, 0.717) is 23.5 Å². The summed E-state index contributed by atoms with van der Waals surface area (Å²) in [7, 11) is -2.09. The topological polar surface area (TPSA) is 105 Å². The van der Waals surface area contributed by atoms with Gasteiger partial charge >= 0.3 is 0 Å². The molecule has 0 saturated carbocycles. The van der Waals surface area contributed by atoms with E-state index in [1.165, 1.54) is 12.1 Å². The van der Waals surface area contributed by atoms with Crippen molar-refractivity contribution < 1.29 is 22.7 Å². The fourth-order valence-corrected chi connectivity index (χ4v) is 4.95. The second kappa shape index (κ2) is 10.7. The number of hydrogen-bond donors (Lipinski definition) is 2. The average molecular weight is 494 g/mol. The highest BCUT2D eigenvalue weighted by molar-refractivity contribution is 7.89. The van der Waals surface area contributed by atoms with Gasteiger partial charge in [-0.15, -0.1) is 0 Å². The van der Waals surface area contributed by atoms with E-state index in [-0.39, 0.29) is 36.2 Å².